The summed E-state index contributed by atoms with van der Waals surface area (Å²) in [4.78, 5) is 21.8. The first-order chi connectivity index (χ1) is 10.7. The largest absolute Gasteiger partial charge is 0.478 e. The number of carboxylic acid groups (broad SMARTS) is 1. The molecule has 0 aromatic rings. The van der Waals surface area contributed by atoms with E-state index < -0.39 is 36.4 Å². The molecule has 0 radical (unpaired) electrons. The molecule has 132 valence electrons. The summed E-state index contributed by atoms with van der Waals surface area (Å²) in [5.41, 5.74) is 0. The van der Waals surface area contributed by atoms with Gasteiger partial charge in [0.15, 0.2) is 0 Å². The summed E-state index contributed by atoms with van der Waals surface area (Å²) < 4.78 is 5.06. The van der Waals surface area contributed by atoms with Crippen LogP contribution < -0.4 is 0 Å². The van der Waals surface area contributed by atoms with Gasteiger partial charge in [0.2, 0.25) is 0 Å². The molecule has 0 saturated heterocycles. The molecule has 0 aromatic carbocycles. The monoisotopic (exact) mass is 330 g/mol. The van der Waals surface area contributed by atoms with Gasteiger partial charge in [-0.2, -0.15) is 0 Å². The Balaban J connectivity index is 4.03. The normalized spacial score (nSPS) is 17.1. The van der Waals surface area contributed by atoms with Crippen molar-refractivity contribution in [3.63, 3.8) is 0 Å². The highest BCUT2D eigenvalue weighted by Gasteiger charge is 2.10. The summed E-state index contributed by atoms with van der Waals surface area (Å²) >= 11 is 0. The maximum absolute atomic E-state index is 11.5. The van der Waals surface area contributed by atoms with Crippen LogP contribution in [0.2, 0.25) is 0 Å². The molecule has 0 aliphatic carbocycles. The van der Waals surface area contributed by atoms with Crippen LogP contribution in [0.1, 0.15) is 39.5 Å². The van der Waals surface area contributed by atoms with Gasteiger partial charge < -0.3 is 25.2 Å². The zero-order chi connectivity index (χ0) is 17.8. The van der Waals surface area contributed by atoms with Gasteiger partial charge in [0, 0.05) is 12.2 Å². The van der Waals surface area contributed by atoms with E-state index in [-0.39, 0.29) is 6.42 Å². The molecule has 0 heterocycles. The quantitative estimate of drug-likeness (QED) is 0.326. The van der Waals surface area contributed by atoms with Gasteiger partial charge in [-0.3, -0.25) is 0 Å². The second-order valence-corrected chi connectivity index (χ2v) is 5.44. The SMILES string of the molecule is C[C@H](CC[C@H](O)C=CC(=O)O)OC(=O)C=C[C@@H](O)CC[C@@H](C)O. The van der Waals surface area contributed by atoms with Gasteiger partial charge >= 0.3 is 11.9 Å². The molecule has 0 saturated carbocycles. The average molecular weight is 330 g/mol. The molecule has 7 nitrogen and oxygen atoms in total. The molecule has 0 aromatic heterocycles. The van der Waals surface area contributed by atoms with Gasteiger partial charge in [0.1, 0.15) is 0 Å². The van der Waals surface area contributed by atoms with Crippen LogP contribution in [0.5, 0.6) is 0 Å². The molecule has 23 heavy (non-hydrogen) atoms. The Hall–Kier alpha value is -1.70. The molecule has 0 rings (SSSR count). The van der Waals surface area contributed by atoms with Gasteiger partial charge in [-0.15, -0.1) is 0 Å². The summed E-state index contributed by atoms with van der Waals surface area (Å²) in [5, 5.41) is 36.6. The number of rotatable bonds is 11. The molecule has 0 aliphatic rings. The van der Waals surface area contributed by atoms with Gasteiger partial charge in [0.05, 0.1) is 24.4 Å². The zero-order valence-corrected chi connectivity index (χ0v) is 13.5. The van der Waals surface area contributed by atoms with E-state index >= 15 is 0 Å². The third-order valence-corrected chi connectivity index (χ3v) is 2.98. The molecule has 7 heteroatoms. The molecule has 0 fully saturated rings. The fourth-order valence-corrected chi connectivity index (χ4v) is 1.69. The number of hydrogen-bond donors (Lipinski definition) is 4. The van der Waals surface area contributed by atoms with Crippen LogP contribution in [0, 0.1) is 0 Å². The summed E-state index contributed by atoms with van der Waals surface area (Å²) in [6, 6.07) is 0. The van der Waals surface area contributed by atoms with Crippen molar-refractivity contribution in [3.8, 4) is 0 Å². The number of carboxylic acids is 1. The highest BCUT2D eigenvalue weighted by atomic mass is 16.5. The van der Waals surface area contributed by atoms with Gasteiger partial charge in [-0.1, -0.05) is 0 Å². The summed E-state index contributed by atoms with van der Waals surface area (Å²) in [7, 11) is 0. The van der Waals surface area contributed by atoms with E-state index in [1.165, 1.54) is 6.08 Å². The van der Waals surface area contributed by atoms with E-state index in [2.05, 4.69) is 0 Å². The molecule has 4 N–H and O–H groups in total. The van der Waals surface area contributed by atoms with Gasteiger partial charge in [0.25, 0.3) is 0 Å². The van der Waals surface area contributed by atoms with Crippen molar-refractivity contribution >= 4 is 11.9 Å². The van der Waals surface area contributed by atoms with Gasteiger partial charge in [-0.25, -0.2) is 9.59 Å². The van der Waals surface area contributed by atoms with Crippen molar-refractivity contribution in [2.45, 2.75) is 63.9 Å². The summed E-state index contributed by atoms with van der Waals surface area (Å²) in [6.07, 6.45) is 3.17. The Kier molecular flexibility index (Phi) is 10.9. The second kappa shape index (κ2) is 11.8. The first-order valence-electron chi connectivity index (χ1n) is 7.54. The highest BCUT2D eigenvalue weighted by Crippen LogP contribution is 2.07. The minimum Gasteiger partial charge on any atom is -0.478 e. The summed E-state index contributed by atoms with van der Waals surface area (Å²) in [6.45, 7) is 3.27. The van der Waals surface area contributed by atoms with Crippen LogP contribution in [-0.4, -0.2) is 56.8 Å². The Bertz CT molecular complexity index is 415. The minimum atomic E-state index is -1.14. The molecule has 0 unspecified atom stereocenters. The van der Waals surface area contributed by atoms with Crippen LogP contribution in [0.15, 0.2) is 24.3 Å². The van der Waals surface area contributed by atoms with Crippen LogP contribution in [-0.2, 0) is 14.3 Å². The number of aliphatic carboxylic acids is 1. The van der Waals surface area contributed by atoms with E-state index in [9.17, 15) is 19.8 Å². The van der Waals surface area contributed by atoms with Crippen LogP contribution in [0.4, 0.5) is 0 Å². The van der Waals surface area contributed by atoms with Crippen LogP contribution >= 0.6 is 0 Å². The number of carbonyl (C=O) groups is 2. The third kappa shape index (κ3) is 13.7. The first kappa shape index (κ1) is 21.3. The number of esters is 1. The third-order valence-electron chi connectivity index (χ3n) is 2.98. The number of carbonyl (C=O) groups excluding carboxylic acids is 1. The van der Waals surface area contributed by atoms with E-state index in [0.717, 1.165) is 18.2 Å². The Morgan fingerprint density at radius 1 is 0.913 bits per heavy atom. The summed E-state index contributed by atoms with van der Waals surface area (Å²) in [5.74, 6) is -1.74. The van der Waals surface area contributed by atoms with E-state index in [1.54, 1.807) is 13.8 Å². The lowest BCUT2D eigenvalue weighted by Gasteiger charge is -2.13. The van der Waals surface area contributed by atoms with E-state index in [1.807, 2.05) is 0 Å². The standard InChI is InChI=1S/C16H26O7/c1-11(17)3-5-13(18)8-10-16(22)23-12(2)4-6-14(19)7-9-15(20)21/h7-14,17-19H,3-6H2,1-2H3,(H,20,21)/t11-,12-,13+,14+/m1/s1. The Labute approximate surface area is 135 Å². The van der Waals surface area contributed by atoms with Crippen molar-refractivity contribution in [3.05, 3.63) is 24.3 Å². The molecule has 4 atom stereocenters. The highest BCUT2D eigenvalue weighted by molar-refractivity contribution is 5.82. The second-order valence-electron chi connectivity index (χ2n) is 5.44. The molecule has 0 amide bonds. The fraction of sp³-hybridized carbons (Fsp3) is 0.625. The Morgan fingerprint density at radius 3 is 1.96 bits per heavy atom. The van der Waals surface area contributed by atoms with Crippen molar-refractivity contribution in [1.29, 1.82) is 0 Å². The number of hydrogen-bond acceptors (Lipinski definition) is 6. The average Bonchev–Trinajstić information content (AvgIpc) is 2.46. The number of ether oxygens (including phenoxy) is 1. The molecule has 0 bridgehead atoms. The number of aliphatic hydroxyl groups excluding tert-OH is 3. The smallest absolute Gasteiger partial charge is 0.330 e. The molecule has 0 spiro atoms. The maximum atomic E-state index is 11.5. The van der Waals surface area contributed by atoms with E-state index in [4.69, 9.17) is 14.9 Å². The lowest BCUT2D eigenvalue weighted by Crippen LogP contribution is -2.16. The molecule has 0 aliphatic heterocycles. The molecular formula is C16H26O7. The Morgan fingerprint density at radius 2 is 1.43 bits per heavy atom. The predicted molar refractivity (Wildman–Crippen MR) is 83.6 cm³/mol. The van der Waals surface area contributed by atoms with Crippen molar-refractivity contribution in [2.75, 3.05) is 0 Å². The molecular weight excluding hydrogens is 304 g/mol. The lowest BCUT2D eigenvalue weighted by atomic mass is 10.1. The van der Waals surface area contributed by atoms with Crippen molar-refractivity contribution in [1.82, 2.24) is 0 Å². The van der Waals surface area contributed by atoms with Gasteiger partial charge in [-0.05, 0) is 51.7 Å². The topological polar surface area (TPSA) is 124 Å². The van der Waals surface area contributed by atoms with E-state index in [0.29, 0.717) is 19.3 Å². The fourth-order valence-electron chi connectivity index (χ4n) is 1.69. The van der Waals surface area contributed by atoms with Crippen molar-refractivity contribution < 1.29 is 34.8 Å². The van der Waals surface area contributed by atoms with Crippen LogP contribution in [0.3, 0.4) is 0 Å². The number of aliphatic hydroxyl groups is 3. The zero-order valence-electron chi connectivity index (χ0n) is 13.5. The maximum Gasteiger partial charge on any atom is 0.330 e. The van der Waals surface area contributed by atoms with Crippen LogP contribution in [0.25, 0.3) is 0 Å². The lowest BCUT2D eigenvalue weighted by molar-refractivity contribution is -0.142. The predicted octanol–water partition coefficient (Wildman–Crippen LogP) is 0.778. The first-order valence-corrected chi connectivity index (χ1v) is 7.54. The van der Waals surface area contributed by atoms with Crippen molar-refractivity contribution in [2.24, 2.45) is 0 Å². The minimum absolute atomic E-state index is 0.263.